The number of carbonyl (C=O) groups is 1. The summed E-state index contributed by atoms with van der Waals surface area (Å²) in [6.45, 7) is 6.58. The molecule has 1 aliphatic rings. The summed E-state index contributed by atoms with van der Waals surface area (Å²) >= 11 is 3.12. The predicted molar refractivity (Wildman–Crippen MR) is 99.8 cm³/mol. The van der Waals surface area contributed by atoms with Gasteiger partial charge in [0, 0.05) is 19.0 Å². The van der Waals surface area contributed by atoms with E-state index >= 15 is 0 Å². The molecule has 0 aliphatic carbocycles. The molecule has 26 heavy (non-hydrogen) atoms. The molecule has 1 aliphatic heterocycles. The van der Waals surface area contributed by atoms with Crippen molar-refractivity contribution in [2.24, 2.45) is 0 Å². The number of halogens is 2. The van der Waals surface area contributed by atoms with Crippen molar-refractivity contribution >= 4 is 32.9 Å². The quantitative estimate of drug-likeness (QED) is 0.750. The van der Waals surface area contributed by atoms with Gasteiger partial charge in [0.1, 0.15) is 17.2 Å². The van der Waals surface area contributed by atoms with E-state index in [0.717, 1.165) is 0 Å². The smallest absolute Gasteiger partial charge is 0.410 e. The maximum absolute atomic E-state index is 13.6. The second-order valence-corrected chi connectivity index (χ2v) is 8.33. The Balaban J connectivity index is 1.76. The van der Waals surface area contributed by atoms with Crippen molar-refractivity contribution in [1.82, 2.24) is 14.9 Å². The molecule has 1 saturated heterocycles. The van der Waals surface area contributed by atoms with E-state index in [0.29, 0.717) is 37.3 Å². The summed E-state index contributed by atoms with van der Waals surface area (Å²) in [6, 6.07) is 2.69. The van der Waals surface area contributed by atoms with E-state index in [1.165, 1.54) is 12.1 Å². The van der Waals surface area contributed by atoms with Crippen LogP contribution in [0.15, 0.2) is 21.4 Å². The highest BCUT2D eigenvalue weighted by Gasteiger charge is 2.28. The lowest BCUT2D eigenvalue weighted by atomic mass is 9.96. The minimum Gasteiger partial charge on any atom is -0.444 e. The summed E-state index contributed by atoms with van der Waals surface area (Å²) < 4.78 is 19.3. The first-order valence-electron chi connectivity index (χ1n) is 8.51. The van der Waals surface area contributed by atoms with Crippen molar-refractivity contribution in [2.75, 3.05) is 13.1 Å². The van der Waals surface area contributed by atoms with Crippen molar-refractivity contribution in [2.45, 2.75) is 45.1 Å². The number of ether oxygens (including phenoxy) is 1. The van der Waals surface area contributed by atoms with E-state index in [9.17, 15) is 14.0 Å². The predicted octanol–water partition coefficient (Wildman–Crippen LogP) is 3.94. The highest BCUT2D eigenvalue weighted by molar-refractivity contribution is 9.10. The molecule has 8 heteroatoms. The van der Waals surface area contributed by atoms with Crippen molar-refractivity contribution in [3.8, 4) is 0 Å². The van der Waals surface area contributed by atoms with Gasteiger partial charge in [-0.05, 0) is 61.7 Å². The zero-order chi connectivity index (χ0) is 19.1. The van der Waals surface area contributed by atoms with Gasteiger partial charge in [-0.15, -0.1) is 0 Å². The number of hydrogen-bond donors (Lipinski definition) is 1. The Morgan fingerprint density at radius 3 is 2.62 bits per heavy atom. The number of H-pyrrole nitrogens is 1. The number of hydrogen-bond acceptors (Lipinski definition) is 4. The third-order valence-electron chi connectivity index (χ3n) is 4.30. The summed E-state index contributed by atoms with van der Waals surface area (Å²) in [7, 11) is 0. The molecule has 140 valence electrons. The number of rotatable bonds is 1. The molecule has 2 aromatic rings. The number of amides is 1. The van der Waals surface area contributed by atoms with Gasteiger partial charge >= 0.3 is 6.09 Å². The molecule has 1 aromatic heterocycles. The Kier molecular flexibility index (Phi) is 5.05. The van der Waals surface area contributed by atoms with E-state index in [-0.39, 0.29) is 27.4 Å². The van der Waals surface area contributed by atoms with Gasteiger partial charge in [-0.25, -0.2) is 14.2 Å². The van der Waals surface area contributed by atoms with Gasteiger partial charge in [0.05, 0.1) is 15.4 Å². The number of fused-ring (bicyclic) bond motifs is 1. The SMILES string of the molecule is CC(C)(C)OC(=O)N1CCC(c2nc3cc(Br)c(F)cc3c(=O)[nH]2)CC1. The number of piperidine rings is 1. The Bertz CT molecular complexity index is 899. The Morgan fingerprint density at radius 1 is 1.35 bits per heavy atom. The molecule has 1 N–H and O–H groups in total. The Morgan fingerprint density at radius 2 is 2.00 bits per heavy atom. The molecule has 3 rings (SSSR count). The molecule has 1 aromatic carbocycles. The fourth-order valence-corrected chi connectivity index (χ4v) is 3.34. The molecule has 1 fully saturated rings. The van der Waals surface area contributed by atoms with Crippen LogP contribution in [0.1, 0.15) is 45.4 Å². The molecule has 0 bridgehead atoms. The van der Waals surface area contributed by atoms with Gasteiger partial charge in [0.15, 0.2) is 0 Å². The summed E-state index contributed by atoms with van der Waals surface area (Å²) in [4.78, 5) is 33.4. The van der Waals surface area contributed by atoms with Crippen LogP contribution in [-0.2, 0) is 4.74 Å². The fraction of sp³-hybridized carbons (Fsp3) is 0.500. The van der Waals surface area contributed by atoms with Crippen LogP contribution < -0.4 is 5.56 Å². The molecule has 0 atom stereocenters. The third-order valence-corrected chi connectivity index (χ3v) is 4.91. The van der Waals surface area contributed by atoms with Crippen LogP contribution >= 0.6 is 15.9 Å². The fourth-order valence-electron chi connectivity index (χ4n) is 3.01. The zero-order valence-electron chi connectivity index (χ0n) is 14.9. The van der Waals surface area contributed by atoms with Gasteiger partial charge in [-0.2, -0.15) is 0 Å². The highest BCUT2D eigenvalue weighted by atomic mass is 79.9. The minimum absolute atomic E-state index is 0.0367. The van der Waals surface area contributed by atoms with Crippen LogP contribution in [-0.4, -0.2) is 39.7 Å². The first kappa shape index (κ1) is 18.8. The topological polar surface area (TPSA) is 75.3 Å². The molecule has 2 heterocycles. The number of likely N-dealkylation sites (tertiary alicyclic amines) is 1. The molecular weight excluding hydrogens is 405 g/mol. The van der Waals surface area contributed by atoms with E-state index in [2.05, 4.69) is 25.9 Å². The zero-order valence-corrected chi connectivity index (χ0v) is 16.5. The van der Waals surface area contributed by atoms with Gasteiger partial charge in [-0.1, -0.05) is 0 Å². The summed E-state index contributed by atoms with van der Waals surface area (Å²) in [5.41, 5.74) is -0.431. The van der Waals surface area contributed by atoms with E-state index in [1.54, 1.807) is 4.90 Å². The van der Waals surface area contributed by atoms with Crippen molar-refractivity contribution < 1.29 is 13.9 Å². The standard InChI is InChI=1S/C18H21BrFN3O3/c1-18(2,3)26-17(25)23-6-4-10(5-7-23)15-21-14-9-12(19)13(20)8-11(14)16(24)22-15/h8-10H,4-7H2,1-3H3,(H,21,22,24). The van der Waals surface area contributed by atoms with E-state index in [4.69, 9.17) is 4.74 Å². The average molecular weight is 426 g/mol. The third kappa shape index (κ3) is 4.06. The summed E-state index contributed by atoms with van der Waals surface area (Å²) in [5, 5.41) is 0.223. The number of benzene rings is 1. The minimum atomic E-state index is -0.526. The van der Waals surface area contributed by atoms with Crippen LogP contribution in [0.3, 0.4) is 0 Å². The van der Waals surface area contributed by atoms with Crippen molar-refractivity contribution in [1.29, 1.82) is 0 Å². The van der Waals surface area contributed by atoms with Crippen LogP contribution in [0.2, 0.25) is 0 Å². The Hall–Kier alpha value is -1.96. The van der Waals surface area contributed by atoms with Crippen LogP contribution in [0, 0.1) is 5.82 Å². The van der Waals surface area contributed by atoms with Crippen molar-refractivity contribution in [3.05, 3.63) is 38.6 Å². The normalized spacial score (nSPS) is 16.1. The molecule has 0 saturated carbocycles. The highest BCUT2D eigenvalue weighted by Crippen LogP contribution is 2.27. The lowest BCUT2D eigenvalue weighted by Crippen LogP contribution is -2.41. The van der Waals surface area contributed by atoms with E-state index in [1.807, 2.05) is 20.8 Å². The molecule has 1 amide bonds. The number of aromatic amines is 1. The van der Waals surface area contributed by atoms with Gasteiger partial charge in [0.25, 0.3) is 5.56 Å². The maximum atomic E-state index is 13.6. The second kappa shape index (κ2) is 6.98. The van der Waals surface area contributed by atoms with Gasteiger partial charge in [-0.3, -0.25) is 4.79 Å². The monoisotopic (exact) mass is 425 g/mol. The Labute approximate surface area is 158 Å². The molecular formula is C18H21BrFN3O3. The van der Waals surface area contributed by atoms with Crippen LogP contribution in [0.5, 0.6) is 0 Å². The summed E-state index contributed by atoms with van der Waals surface area (Å²) in [5.74, 6) is 0.114. The molecule has 0 unspecified atom stereocenters. The molecule has 0 spiro atoms. The molecule has 0 radical (unpaired) electrons. The number of aromatic nitrogens is 2. The number of nitrogens with one attached hydrogen (secondary N) is 1. The van der Waals surface area contributed by atoms with E-state index < -0.39 is 11.4 Å². The van der Waals surface area contributed by atoms with Crippen molar-refractivity contribution in [3.63, 3.8) is 0 Å². The largest absolute Gasteiger partial charge is 0.444 e. The summed E-state index contributed by atoms with van der Waals surface area (Å²) in [6.07, 6.45) is 1.03. The average Bonchev–Trinajstić information content (AvgIpc) is 2.55. The van der Waals surface area contributed by atoms with Gasteiger partial charge in [0.2, 0.25) is 0 Å². The first-order valence-corrected chi connectivity index (χ1v) is 9.30. The first-order chi connectivity index (χ1) is 12.1. The maximum Gasteiger partial charge on any atom is 0.410 e. The lowest BCUT2D eigenvalue weighted by Gasteiger charge is -2.33. The molecule has 6 nitrogen and oxygen atoms in total. The van der Waals surface area contributed by atoms with Crippen LogP contribution in [0.4, 0.5) is 9.18 Å². The lowest BCUT2D eigenvalue weighted by molar-refractivity contribution is 0.0203. The second-order valence-electron chi connectivity index (χ2n) is 7.48. The van der Waals surface area contributed by atoms with Gasteiger partial charge < -0.3 is 14.6 Å². The van der Waals surface area contributed by atoms with Crippen LogP contribution in [0.25, 0.3) is 10.9 Å². The number of carbonyl (C=O) groups excluding carboxylic acids is 1. The number of nitrogens with zero attached hydrogens (tertiary/aromatic N) is 2.